The molecule has 1 fully saturated rings. The van der Waals surface area contributed by atoms with Crippen molar-refractivity contribution >= 4 is 5.65 Å². The van der Waals surface area contributed by atoms with E-state index in [2.05, 4.69) is 15.2 Å². The van der Waals surface area contributed by atoms with Crippen LogP contribution in [0.15, 0.2) is 43.2 Å². The SMILES string of the molecule is Cn1cc(-c2cc3nccn3c(-c3cnn([C@H](CCF)C4CCC4)c3)n2)cn1. The van der Waals surface area contributed by atoms with Gasteiger partial charge in [0.2, 0.25) is 0 Å². The van der Waals surface area contributed by atoms with Crippen molar-refractivity contribution in [3.8, 4) is 22.6 Å². The Morgan fingerprint density at radius 1 is 1.18 bits per heavy atom. The van der Waals surface area contributed by atoms with Gasteiger partial charge in [-0.3, -0.25) is 18.2 Å². The third kappa shape index (κ3) is 2.89. The topological polar surface area (TPSA) is 65.8 Å². The van der Waals surface area contributed by atoms with Gasteiger partial charge in [0.15, 0.2) is 0 Å². The van der Waals surface area contributed by atoms with E-state index >= 15 is 0 Å². The first-order valence-corrected chi connectivity index (χ1v) is 9.66. The minimum Gasteiger partial charge on any atom is -0.284 e. The van der Waals surface area contributed by atoms with Crippen LogP contribution in [0.4, 0.5) is 4.39 Å². The zero-order chi connectivity index (χ0) is 19.1. The predicted octanol–water partition coefficient (Wildman–Crippen LogP) is 3.69. The number of rotatable bonds is 6. The second kappa shape index (κ2) is 6.85. The summed E-state index contributed by atoms with van der Waals surface area (Å²) in [4.78, 5) is 9.31. The Kier molecular flexibility index (Phi) is 4.18. The minimum absolute atomic E-state index is 0.118. The van der Waals surface area contributed by atoms with Gasteiger partial charge in [-0.25, -0.2) is 9.97 Å². The summed E-state index contributed by atoms with van der Waals surface area (Å²) in [5.41, 5.74) is 3.47. The van der Waals surface area contributed by atoms with Crippen molar-refractivity contribution in [2.45, 2.75) is 31.7 Å². The van der Waals surface area contributed by atoms with Gasteiger partial charge in [0.1, 0.15) is 11.5 Å². The molecule has 0 bridgehead atoms. The predicted molar refractivity (Wildman–Crippen MR) is 103 cm³/mol. The Bertz CT molecular complexity index is 1100. The second-order valence-electron chi connectivity index (χ2n) is 7.47. The van der Waals surface area contributed by atoms with E-state index in [1.807, 2.05) is 47.0 Å². The molecule has 4 aromatic heterocycles. The molecule has 7 nitrogen and oxygen atoms in total. The molecule has 8 heteroatoms. The van der Waals surface area contributed by atoms with Gasteiger partial charge in [0, 0.05) is 43.5 Å². The standard InChI is InChI=1S/C20H22FN7/c1-26-12-15(10-23-26)17-9-19-22-7-8-27(19)20(25-17)16-11-24-28(13-16)18(5-6-21)14-3-2-4-14/h7-14,18H,2-6H2,1H3/t18-/m1/s1. The molecule has 4 heterocycles. The molecule has 0 radical (unpaired) electrons. The van der Waals surface area contributed by atoms with Crippen LogP contribution in [0.3, 0.4) is 0 Å². The number of fused-ring (bicyclic) bond motifs is 1. The van der Waals surface area contributed by atoms with E-state index in [-0.39, 0.29) is 12.7 Å². The van der Waals surface area contributed by atoms with Gasteiger partial charge in [-0.15, -0.1) is 0 Å². The van der Waals surface area contributed by atoms with Gasteiger partial charge in [-0.1, -0.05) is 6.42 Å². The Labute approximate surface area is 161 Å². The number of hydrogen-bond donors (Lipinski definition) is 0. The highest BCUT2D eigenvalue weighted by Crippen LogP contribution is 2.38. The maximum Gasteiger partial charge on any atom is 0.149 e. The molecule has 0 aromatic carbocycles. The van der Waals surface area contributed by atoms with E-state index in [4.69, 9.17) is 4.98 Å². The van der Waals surface area contributed by atoms with Crippen molar-refractivity contribution in [3.05, 3.63) is 43.2 Å². The summed E-state index contributed by atoms with van der Waals surface area (Å²) in [6.45, 7) is -0.323. The second-order valence-corrected chi connectivity index (χ2v) is 7.47. The molecule has 1 aliphatic rings. The van der Waals surface area contributed by atoms with Crippen molar-refractivity contribution in [2.75, 3.05) is 6.67 Å². The van der Waals surface area contributed by atoms with Crippen LogP contribution in [0.2, 0.25) is 0 Å². The summed E-state index contributed by atoms with van der Waals surface area (Å²) in [5, 5.41) is 8.82. The summed E-state index contributed by atoms with van der Waals surface area (Å²) in [6, 6.07) is 2.07. The molecule has 0 N–H and O–H groups in total. The van der Waals surface area contributed by atoms with Crippen molar-refractivity contribution in [3.63, 3.8) is 0 Å². The fraction of sp³-hybridized carbons (Fsp3) is 0.400. The maximum absolute atomic E-state index is 13.1. The van der Waals surface area contributed by atoms with E-state index < -0.39 is 0 Å². The largest absolute Gasteiger partial charge is 0.284 e. The third-order valence-electron chi connectivity index (χ3n) is 5.69. The summed E-state index contributed by atoms with van der Waals surface area (Å²) < 4.78 is 18.8. The molecule has 0 spiro atoms. The molecular formula is C20H22FN7. The molecule has 1 saturated carbocycles. The molecule has 28 heavy (non-hydrogen) atoms. The molecule has 4 aromatic rings. The van der Waals surface area contributed by atoms with Crippen LogP contribution in [0, 0.1) is 5.92 Å². The monoisotopic (exact) mass is 379 g/mol. The molecular weight excluding hydrogens is 357 g/mol. The van der Waals surface area contributed by atoms with Gasteiger partial charge in [0.05, 0.1) is 36.4 Å². The molecule has 0 unspecified atom stereocenters. The van der Waals surface area contributed by atoms with Gasteiger partial charge in [-0.2, -0.15) is 10.2 Å². The summed E-state index contributed by atoms with van der Waals surface area (Å²) in [5.74, 6) is 1.29. The molecule has 1 aliphatic carbocycles. The lowest BCUT2D eigenvalue weighted by Gasteiger charge is -2.33. The lowest BCUT2D eigenvalue weighted by molar-refractivity contribution is 0.176. The first-order chi connectivity index (χ1) is 13.7. The van der Waals surface area contributed by atoms with Crippen LogP contribution < -0.4 is 0 Å². The summed E-state index contributed by atoms with van der Waals surface area (Å²) >= 11 is 0. The maximum atomic E-state index is 13.1. The van der Waals surface area contributed by atoms with E-state index in [0.29, 0.717) is 12.3 Å². The van der Waals surface area contributed by atoms with E-state index in [9.17, 15) is 4.39 Å². The van der Waals surface area contributed by atoms with E-state index in [1.165, 1.54) is 6.42 Å². The molecule has 0 aliphatic heterocycles. The Hall–Kier alpha value is -3.03. The molecule has 1 atom stereocenters. The Balaban J connectivity index is 1.57. The van der Waals surface area contributed by atoms with Crippen molar-refractivity contribution in [2.24, 2.45) is 13.0 Å². The van der Waals surface area contributed by atoms with Crippen molar-refractivity contribution < 1.29 is 4.39 Å². The Morgan fingerprint density at radius 2 is 2.04 bits per heavy atom. The highest BCUT2D eigenvalue weighted by molar-refractivity contribution is 5.68. The third-order valence-corrected chi connectivity index (χ3v) is 5.69. The van der Waals surface area contributed by atoms with Crippen LogP contribution in [0.1, 0.15) is 31.7 Å². The first-order valence-electron chi connectivity index (χ1n) is 9.66. The minimum atomic E-state index is -0.323. The zero-order valence-electron chi connectivity index (χ0n) is 15.7. The van der Waals surface area contributed by atoms with E-state index in [1.54, 1.807) is 17.1 Å². The number of hydrogen-bond acceptors (Lipinski definition) is 4. The van der Waals surface area contributed by atoms with Crippen molar-refractivity contribution in [1.29, 1.82) is 0 Å². The highest BCUT2D eigenvalue weighted by atomic mass is 19.1. The van der Waals surface area contributed by atoms with Crippen molar-refractivity contribution in [1.82, 2.24) is 33.9 Å². The number of aromatic nitrogens is 7. The average Bonchev–Trinajstić information content (AvgIpc) is 3.39. The Morgan fingerprint density at radius 3 is 2.75 bits per heavy atom. The van der Waals surface area contributed by atoms with E-state index in [0.717, 1.165) is 41.1 Å². The smallest absolute Gasteiger partial charge is 0.149 e. The van der Waals surface area contributed by atoms with Crippen LogP contribution in [0.5, 0.6) is 0 Å². The first kappa shape index (κ1) is 17.1. The zero-order valence-corrected chi connectivity index (χ0v) is 15.7. The normalized spacial score (nSPS) is 15.8. The fourth-order valence-electron chi connectivity index (χ4n) is 3.98. The van der Waals surface area contributed by atoms with Crippen LogP contribution >= 0.6 is 0 Å². The lowest BCUT2D eigenvalue weighted by atomic mass is 9.79. The lowest BCUT2D eigenvalue weighted by Crippen LogP contribution is -2.26. The van der Waals surface area contributed by atoms with Crippen LogP contribution in [-0.4, -0.2) is 40.6 Å². The van der Waals surface area contributed by atoms with Gasteiger partial charge >= 0.3 is 0 Å². The fourth-order valence-corrected chi connectivity index (χ4v) is 3.98. The van der Waals surface area contributed by atoms with Crippen LogP contribution in [-0.2, 0) is 7.05 Å². The number of alkyl halides is 1. The molecule has 5 rings (SSSR count). The van der Waals surface area contributed by atoms with Gasteiger partial charge in [0.25, 0.3) is 0 Å². The average molecular weight is 379 g/mol. The van der Waals surface area contributed by atoms with Gasteiger partial charge in [-0.05, 0) is 25.2 Å². The molecule has 144 valence electrons. The van der Waals surface area contributed by atoms with Crippen LogP contribution in [0.25, 0.3) is 28.3 Å². The highest BCUT2D eigenvalue weighted by Gasteiger charge is 2.29. The number of imidazole rings is 1. The summed E-state index contributed by atoms with van der Waals surface area (Å²) in [6.07, 6.45) is 15.2. The molecule has 0 amide bonds. The summed E-state index contributed by atoms with van der Waals surface area (Å²) in [7, 11) is 1.88. The number of halogens is 1. The number of nitrogens with zero attached hydrogens (tertiary/aromatic N) is 7. The van der Waals surface area contributed by atoms with Gasteiger partial charge < -0.3 is 0 Å². The molecule has 0 saturated heterocycles. The quantitative estimate of drug-likeness (QED) is 0.512. The number of aryl methyl sites for hydroxylation is 1.